The normalized spacial score (nSPS) is 14.4. The summed E-state index contributed by atoms with van der Waals surface area (Å²) in [6, 6.07) is 6.34. The quantitative estimate of drug-likeness (QED) is 0.648. The van der Waals surface area contributed by atoms with Crippen LogP contribution in [0.2, 0.25) is 0 Å². The average molecular weight is 363 g/mol. The van der Waals surface area contributed by atoms with E-state index in [2.05, 4.69) is 46.1 Å². The van der Waals surface area contributed by atoms with Crippen LogP contribution < -0.4 is 10.6 Å². The number of nitrogens with zero attached hydrogens (tertiary/aromatic N) is 2. The van der Waals surface area contributed by atoms with Gasteiger partial charge < -0.3 is 15.5 Å². The van der Waals surface area contributed by atoms with Gasteiger partial charge in [0.2, 0.25) is 5.91 Å². The van der Waals surface area contributed by atoms with E-state index in [0.29, 0.717) is 12.5 Å². The van der Waals surface area contributed by atoms with Crippen molar-refractivity contribution in [1.82, 2.24) is 15.5 Å². The van der Waals surface area contributed by atoms with E-state index in [0.717, 1.165) is 19.5 Å². The largest absolute Gasteiger partial charge is 0.352 e. The fraction of sp³-hybridized carbons (Fsp3) is 0.412. The zero-order valence-electron chi connectivity index (χ0n) is 14.0. The van der Waals surface area contributed by atoms with Crippen LogP contribution in [0.4, 0.5) is 0 Å². The summed E-state index contributed by atoms with van der Waals surface area (Å²) in [6.45, 7) is 4.60. The lowest BCUT2D eigenvalue weighted by Gasteiger charge is -2.27. The molecule has 2 N–H and O–H groups in total. The molecular weight excluding hydrogens is 340 g/mol. The Morgan fingerprint density at radius 3 is 2.96 bits per heavy atom. The number of fused-ring (bicyclic) bond motifs is 1. The minimum Gasteiger partial charge on any atom is -0.352 e. The van der Waals surface area contributed by atoms with E-state index in [4.69, 9.17) is 0 Å². The topological polar surface area (TPSA) is 56.7 Å². The van der Waals surface area contributed by atoms with Crippen LogP contribution >= 0.6 is 22.7 Å². The van der Waals surface area contributed by atoms with Crippen molar-refractivity contribution in [1.29, 1.82) is 0 Å². The van der Waals surface area contributed by atoms with Gasteiger partial charge in [-0.3, -0.25) is 9.79 Å². The minimum absolute atomic E-state index is 0.113. The first-order chi connectivity index (χ1) is 11.7. The number of carbonyl (C=O) groups excluding carboxylic acids is 1. The first-order valence-corrected chi connectivity index (χ1v) is 9.68. The van der Waals surface area contributed by atoms with Crippen LogP contribution in [-0.4, -0.2) is 36.9 Å². The van der Waals surface area contributed by atoms with Gasteiger partial charge in [0.1, 0.15) is 0 Å². The summed E-state index contributed by atoms with van der Waals surface area (Å²) in [5, 5.41) is 8.47. The SMILES string of the molecule is CN=C(NCC(=O)N1CCc2sccc2C1)NCc1ccc(C)s1. The number of amides is 1. The fourth-order valence-corrected chi connectivity index (χ4v) is 4.42. The predicted octanol–water partition coefficient (Wildman–Crippen LogP) is 2.37. The Kier molecular flexibility index (Phi) is 5.52. The average Bonchev–Trinajstić information content (AvgIpc) is 3.22. The van der Waals surface area contributed by atoms with E-state index in [1.807, 2.05) is 4.90 Å². The molecule has 0 atom stereocenters. The van der Waals surface area contributed by atoms with Gasteiger partial charge in [-0.05, 0) is 42.5 Å². The second-order valence-electron chi connectivity index (χ2n) is 5.73. The number of hydrogen-bond donors (Lipinski definition) is 2. The van der Waals surface area contributed by atoms with Gasteiger partial charge in [-0.1, -0.05) is 0 Å². The van der Waals surface area contributed by atoms with Gasteiger partial charge >= 0.3 is 0 Å². The van der Waals surface area contributed by atoms with Crippen molar-refractivity contribution in [2.24, 2.45) is 4.99 Å². The maximum absolute atomic E-state index is 12.4. The van der Waals surface area contributed by atoms with Gasteiger partial charge in [0.15, 0.2) is 5.96 Å². The third kappa shape index (κ3) is 4.15. The van der Waals surface area contributed by atoms with E-state index in [1.54, 1.807) is 29.7 Å². The molecule has 128 valence electrons. The first kappa shape index (κ1) is 17.0. The molecule has 24 heavy (non-hydrogen) atoms. The molecule has 0 saturated heterocycles. The molecule has 0 fully saturated rings. The standard InChI is InChI=1S/C17H22N4OS2/c1-12-3-4-14(24-12)9-19-17(18-2)20-10-16(22)21-7-5-15-13(11-21)6-8-23-15/h3-4,6,8H,5,7,9-11H2,1-2H3,(H2,18,19,20). The Morgan fingerprint density at radius 1 is 1.33 bits per heavy atom. The second kappa shape index (κ2) is 7.81. The maximum atomic E-state index is 12.4. The zero-order chi connectivity index (χ0) is 16.9. The van der Waals surface area contributed by atoms with E-state index in [9.17, 15) is 4.79 Å². The Balaban J connectivity index is 1.46. The highest BCUT2D eigenvalue weighted by molar-refractivity contribution is 7.11. The highest BCUT2D eigenvalue weighted by Gasteiger charge is 2.21. The van der Waals surface area contributed by atoms with Gasteiger partial charge in [-0.25, -0.2) is 0 Å². The molecule has 0 saturated carbocycles. The van der Waals surface area contributed by atoms with Crippen LogP contribution in [0.1, 0.15) is 20.2 Å². The molecule has 7 heteroatoms. The fourth-order valence-electron chi connectivity index (χ4n) is 2.70. The predicted molar refractivity (Wildman–Crippen MR) is 101 cm³/mol. The Bertz CT molecular complexity index is 735. The molecule has 3 rings (SSSR count). The van der Waals surface area contributed by atoms with Crippen molar-refractivity contribution in [3.63, 3.8) is 0 Å². The minimum atomic E-state index is 0.113. The summed E-state index contributed by atoms with van der Waals surface area (Å²) in [4.78, 5) is 22.5. The summed E-state index contributed by atoms with van der Waals surface area (Å²) in [5.74, 6) is 0.768. The van der Waals surface area contributed by atoms with Crippen molar-refractivity contribution in [3.05, 3.63) is 43.8 Å². The smallest absolute Gasteiger partial charge is 0.242 e. The number of guanidine groups is 1. The number of nitrogens with one attached hydrogen (secondary N) is 2. The van der Waals surface area contributed by atoms with Gasteiger partial charge in [0, 0.05) is 34.8 Å². The number of hydrogen-bond acceptors (Lipinski definition) is 4. The Hall–Kier alpha value is -1.86. The van der Waals surface area contributed by atoms with Crippen LogP contribution in [-0.2, 0) is 24.3 Å². The molecule has 2 aromatic rings. The van der Waals surface area contributed by atoms with E-state index in [-0.39, 0.29) is 12.5 Å². The monoisotopic (exact) mass is 362 g/mol. The maximum Gasteiger partial charge on any atom is 0.242 e. The molecule has 0 aliphatic carbocycles. The van der Waals surface area contributed by atoms with Crippen LogP contribution in [0, 0.1) is 6.92 Å². The first-order valence-electron chi connectivity index (χ1n) is 7.98. The highest BCUT2D eigenvalue weighted by atomic mass is 32.1. The van der Waals surface area contributed by atoms with Gasteiger partial charge in [-0.2, -0.15) is 0 Å². The Morgan fingerprint density at radius 2 is 2.21 bits per heavy atom. The molecule has 1 aliphatic rings. The lowest BCUT2D eigenvalue weighted by Crippen LogP contribution is -2.45. The second-order valence-corrected chi connectivity index (χ2v) is 8.10. The molecule has 0 aromatic carbocycles. The molecule has 5 nitrogen and oxygen atoms in total. The lowest BCUT2D eigenvalue weighted by molar-refractivity contribution is -0.130. The third-order valence-electron chi connectivity index (χ3n) is 4.02. The van der Waals surface area contributed by atoms with Crippen molar-refractivity contribution < 1.29 is 4.79 Å². The van der Waals surface area contributed by atoms with E-state index >= 15 is 0 Å². The molecule has 0 unspecified atom stereocenters. The third-order valence-corrected chi connectivity index (χ3v) is 6.04. The number of thiophene rings is 2. The van der Waals surface area contributed by atoms with Gasteiger partial charge in [0.05, 0.1) is 13.1 Å². The van der Waals surface area contributed by atoms with Crippen LogP contribution in [0.15, 0.2) is 28.6 Å². The molecule has 0 radical (unpaired) electrons. The van der Waals surface area contributed by atoms with Crippen LogP contribution in [0.25, 0.3) is 0 Å². The molecular formula is C17H22N4OS2. The molecule has 3 heterocycles. The molecule has 1 amide bonds. The van der Waals surface area contributed by atoms with E-state index in [1.165, 1.54) is 20.2 Å². The summed E-state index contributed by atoms with van der Waals surface area (Å²) < 4.78 is 0. The highest BCUT2D eigenvalue weighted by Crippen LogP contribution is 2.23. The Labute approximate surface area is 150 Å². The van der Waals surface area contributed by atoms with Crippen molar-refractivity contribution in [2.45, 2.75) is 26.4 Å². The van der Waals surface area contributed by atoms with Gasteiger partial charge in [0.25, 0.3) is 0 Å². The molecule has 1 aliphatic heterocycles. The summed E-state index contributed by atoms with van der Waals surface area (Å²) in [7, 11) is 1.72. The summed E-state index contributed by atoms with van der Waals surface area (Å²) >= 11 is 3.55. The zero-order valence-corrected chi connectivity index (χ0v) is 15.6. The number of rotatable bonds is 4. The van der Waals surface area contributed by atoms with Crippen LogP contribution in [0.5, 0.6) is 0 Å². The summed E-state index contributed by atoms with van der Waals surface area (Å²) in [6.07, 6.45) is 0.962. The van der Waals surface area contributed by atoms with Gasteiger partial charge in [-0.15, -0.1) is 22.7 Å². The van der Waals surface area contributed by atoms with Crippen molar-refractivity contribution in [2.75, 3.05) is 20.1 Å². The van der Waals surface area contributed by atoms with Crippen molar-refractivity contribution in [3.8, 4) is 0 Å². The van der Waals surface area contributed by atoms with E-state index < -0.39 is 0 Å². The van der Waals surface area contributed by atoms with Crippen molar-refractivity contribution >= 4 is 34.5 Å². The number of carbonyl (C=O) groups is 1. The molecule has 0 spiro atoms. The van der Waals surface area contributed by atoms with Crippen LogP contribution in [0.3, 0.4) is 0 Å². The number of aryl methyl sites for hydroxylation is 1. The lowest BCUT2D eigenvalue weighted by atomic mass is 10.1. The molecule has 0 bridgehead atoms. The molecule has 2 aromatic heterocycles. The number of aliphatic imine (C=N–C) groups is 1. The summed E-state index contributed by atoms with van der Waals surface area (Å²) in [5.41, 5.74) is 1.29.